The van der Waals surface area contributed by atoms with Gasteiger partial charge in [-0.25, -0.2) is 9.38 Å². The lowest BCUT2D eigenvalue weighted by Crippen LogP contribution is -2.42. The Morgan fingerprint density at radius 3 is 2.88 bits per heavy atom. The van der Waals surface area contributed by atoms with E-state index >= 15 is 0 Å². The summed E-state index contributed by atoms with van der Waals surface area (Å²) in [5, 5.41) is 10.2. The van der Waals surface area contributed by atoms with Crippen LogP contribution in [0.5, 0.6) is 5.75 Å². The third-order valence-corrected chi connectivity index (χ3v) is 3.29. The molecule has 0 radical (unpaired) electrons. The van der Waals surface area contributed by atoms with Gasteiger partial charge in [0.15, 0.2) is 5.96 Å². The highest BCUT2D eigenvalue weighted by atomic mass is 19.1. The number of halogens is 1. The van der Waals surface area contributed by atoms with E-state index in [0.717, 1.165) is 18.7 Å². The molecule has 2 aromatic rings. The van der Waals surface area contributed by atoms with Crippen LogP contribution in [0, 0.1) is 5.82 Å². The van der Waals surface area contributed by atoms with Gasteiger partial charge in [0.05, 0.1) is 13.1 Å². The van der Waals surface area contributed by atoms with Crippen molar-refractivity contribution in [2.75, 3.05) is 13.1 Å². The minimum Gasteiger partial charge on any atom is -0.489 e. The van der Waals surface area contributed by atoms with E-state index in [1.54, 1.807) is 18.2 Å². The molecule has 2 N–H and O–H groups in total. The summed E-state index contributed by atoms with van der Waals surface area (Å²) in [6.07, 6.45) is 2.21. The minimum absolute atomic E-state index is 0.0947. The number of rotatable bonds is 8. The Hall–Kier alpha value is -2.57. The molecule has 7 heteroatoms. The monoisotopic (exact) mass is 334 g/mol. The van der Waals surface area contributed by atoms with Crippen molar-refractivity contribution in [3.05, 3.63) is 48.1 Å². The summed E-state index contributed by atoms with van der Waals surface area (Å²) in [5.74, 6) is 0.882. The second-order valence-corrected chi connectivity index (χ2v) is 5.17. The zero-order chi connectivity index (χ0) is 17.2. The molecule has 0 bridgehead atoms. The lowest BCUT2D eigenvalue weighted by molar-refractivity contribution is 0.198. The van der Waals surface area contributed by atoms with Crippen molar-refractivity contribution in [3.8, 4) is 5.75 Å². The average molecular weight is 334 g/mol. The first-order valence-corrected chi connectivity index (χ1v) is 8.05. The van der Waals surface area contributed by atoms with Crippen molar-refractivity contribution in [1.82, 2.24) is 15.8 Å². The Morgan fingerprint density at radius 1 is 1.33 bits per heavy atom. The van der Waals surface area contributed by atoms with Crippen molar-refractivity contribution in [3.63, 3.8) is 0 Å². The van der Waals surface area contributed by atoms with Gasteiger partial charge in [-0.1, -0.05) is 18.1 Å². The van der Waals surface area contributed by atoms with E-state index in [9.17, 15) is 4.39 Å². The highest BCUT2D eigenvalue weighted by Crippen LogP contribution is 2.14. The van der Waals surface area contributed by atoms with Crippen LogP contribution < -0.4 is 15.4 Å². The van der Waals surface area contributed by atoms with Gasteiger partial charge in [0.2, 0.25) is 0 Å². The van der Waals surface area contributed by atoms with Gasteiger partial charge in [-0.15, -0.1) is 0 Å². The van der Waals surface area contributed by atoms with E-state index in [1.165, 1.54) is 18.4 Å². The lowest BCUT2D eigenvalue weighted by atomic mass is 10.2. The quantitative estimate of drug-likeness (QED) is 0.574. The Labute approximate surface area is 141 Å². The van der Waals surface area contributed by atoms with Crippen LogP contribution in [0.4, 0.5) is 4.39 Å². The van der Waals surface area contributed by atoms with Gasteiger partial charge in [-0.05, 0) is 25.5 Å². The fraction of sp³-hybridized carbons (Fsp3) is 0.412. The fourth-order valence-corrected chi connectivity index (χ4v) is 2.03. The van der Waals surface area contributed by atoms with E-state index in [-0.39, 0.29) is 11.9 Å². The van der Waals surface area contributed by atoms with E-state index < -0.39 is 0 Å². The number of benzene rings is 1. The molecule has 6 nitrogen and oxygen atoms in total. The van der Waals surface area contributed by atoms with Crippen LogP contribution in [-0.2, 0) is 6.54 Å². The summed E-state index contributed by atoms with van der Waals surface area (Å²) >= 11 is 0. The van der Waals surface area contributed by atoms with Gasteiger partial charge in [0.25, 0.3) is 0 Å². The maximum atomic E-state index is 13.2. The van der Waals surface area contributed by atoms with Gasteiger partial charge in [-0.2, -0.15) is 0 Å². The summed E-state index contributed by atoms with van der Waals surface area (Å²) in [4.78, 5) is 4.44. The molecule has 1 atom stereocenters. The van der Waals surface area contributed by atoms with Crippen LogP contribution in [0.2, 0.25) is 0 Å². The summed E-state index contributed by atoms with van der Waals surface area (Å²) in [6, 6.07) is 7.93. The molecule has 0 aliphatic rings. The number of guanidine groups is 1. The number of hydrogen-bond acceptors (Lipinski definition) is 4. The van der Waals surface area contributed by atoms with E-state index in [0.29, 0.717) is 24.8 Å². The predicted octanol–water partition coefficient (Wildman–Crippen LogP) is 2.73. The van der Waals surface area contributed by atoms with Crippen molar-refractivity contribution >= 4 is 5.96 Å². The predicted molar refractivity (Wildman–Crippen MR) is 90.4 cm³/mol. The van der Waals surface area contributed by atoms with E-state index in [2.05, 4.69) is 20.8 Å². The largest absolute Gasteiger partial charge is 0.489 e. The van der Waals surface area contributed by atoms with Gasteiger partial charge in [-0.3, -0.25) is 0 Å². The van der Waals surface area contributed by atoms with Crippen LogP contribution in [-0.4, -0.2) is 30.3 Å². The number of nitrogens with zero attached hydrogens (tertiary/aromatic N) is 2. The smallest absolute Gasteiger partial charge is 0.191 e. The molecule has 0 fully saturated rings. The Balaban J connectivity index is 1.89. The second kappa shape index (κ2) is 9.54. The zero-order valence-corrected chi connectivity index (χ0v) is 14.0. The van der Waals surface area contributed by atoms with Gasteiger partial charge in [0, 0.05) is 18.7 Å². The maximum Gasteiger partial charge on any atom is 0.191 e. The Morgan fingerprint density at radius 2 is 2.21 bits per heavy atom. The molecule has 0 saturated carbocycles. The van der Waals surface area contributed by atoms with Crippen molar-refractivity contribution in [1.29, 1.82) is 0 Å². The summed E-state index contributed by atoms with van der Waals surface area (Å²) < 4.78 is 23.8. The first-order valence-electron chi connectivity index (χ1n) is 8.05. The SMILES string of the molecule is CCNC(=NCc1ccon1)NCC(CC)Oc1cccc(F)c1. The number of ether oxygens (including phenoxy) is 1. The van der Waals surface area contributed by atoms with Crippen LogP contribution in [0.3, 0.4) is 0 Å². The first kappa shape index (κ1) is 17.8. The third kappa shape index (κ3) is 5.91. The van der Waals surface area contributed by atoms with Crippen LogP contribution >= 0.6 is 0 Å². The Bertz CT molecular complexity index is 631. The molecule has 0 saturated heterocycles. The van der Waals surface area contributed by atoms with Crippen molar-refractivity contribution in [2.24, 2.45) is 4.99 Å². The standard InChI is InChI=1S/C17H23FN4O2/c1-3-15(24-16-7-5-6-13(18)10-16)12-21-17(19-4-2)20-11-14-8-9-23-22-14/h5-10,15H,3-4,11-12H2,1-2H3,(H2,19,20,21). The zero-order valence-electron chi connectivity index (χ0n) is 14.0. The number of aliphatic imine (C=N–C) groups is 1. The first-order chi connectivity index (χ1) is 11.7. The fourth-order valence-electron chi connectivity index (χ4n) is 2.03. The molecule has 0 aliphatic heterocycles. The molecule has 1 aromatic heterocycles. The summed E-state index contributed by atoms with van der Waals surface area (Å²) in [7, 11) is 0. The molecule has 0 amide bonds. The highest BCUT2D eigenvalue weighted by Gasteiger charge is 2.10. The van der Waals surface area contributed by atoms with Gasteiger partial charge >= 0.3 is 0 Å². The van der Waals surface area contributed by atoms with Crippen LogP contribution in [0.1, 0.15) is 26.0 Å². The van der Waals surface area contributed by atoms with Gasteiger partial charge in [0.1, 0.15) is 29.6 Å². The molecule has 1 aromatic carbocycles. The third-order valence-electron chi connectivity index (χ3n) is 3.29. The van der Waals surface area contributed by atoms with Crippen LogP contribution in [0.25, 0.3) is 0 Å². The lowest BCUT2D eigenvalue weighted by Gasteiger charge is -2.20. The highest BCUT2D eigenvalue weighted by molar-refractivity contribution is 5.79. The average Bonchev–Trinajstić information content (AvgIpc) is 3.09. The molecule has 1 unspecified atom stereocenters. The van der Waals surface area contributed by atoms with Crippen molar-refractivity contribution < 1.29 is 13.7 Å². The van der Waals surface area contributed by atoms with E-state index in [1.807, 2.05) is 13.8 Å². The molecule has 1 heterocycles. The van der Waals surface area contributed by atoms with Crippen LogP contribution in [0.15, 0.2) is 46.1 Å². The molecule has 130 valence electrons. The number of hydrogen-bond donors (Lipinski definition) is 2. The molecule has 0 spiro atoms. The summed E-state index contributed by atoms with van der Waals surface area (Å²) in [6.45, 7) is 5.73. The van der Waals surface area contributed by atoms with Crippen molar-refractivity contribution in [2.45, 2.75) is 32.9 Å². The normalized spacial score (nSPS) is 12.7. The van der Waals surface area contributed by atoms with Gasteiger partial charge < -0.3 is 19.9 Å². The minimum atomic E-state index is -0.308. The number of aromatic nitrogens is 1. The molecular weight excluding hydrogens is 311 g/mol. The van der Waals surface area contributed by atoms with E-state index in [4.69, 9.17) is 9.26 Å². The second-order valence-electron chi connectivity index (χ2n) is 5.17. The summed E-state index contributed by atoms with van der Waals surface area (Å²) in [5.41, 5.74) is 0.759. The Kier molecular flexibility index (Phi) is 7.07. The molecule has 0 aliphatic carbocycles. The molecule has 24 heavy (non-hydrogen) atoms. The maximum absolute atomic E-state index is 13.2. The topological polar surface area (TPSA) is 71.7 Å². The molecule has 2 rings (SSSR count). The number of nitrogens with one attached hydrogen (secondary N) is 2. The molecular formula is C17H23FN4O2.